The molecular weight excluding hydrogens is 455 g/mol. The summed E-state index contributed by atoms with van der Waals surface area (Å²) < 4.78 is 6.45. The quantitative estimate of drug-likeness (QED) is 0.340. The van der Waals surface area contributed by atoms with Crippen LogP contribution in [0.15, 0.2) is 66.7 Å². The number of esters is 1. The van der Waals surface area contributed by atoms with E-state index in [0.29, 0.717) is 31.9 Å². The molecule has 3 aromatic carbocycles. The van der Waals surface area contributed by atoms with Gasteiger partial charge < -0.3 is 10.1 Å². The third-order valence-corrected chi connectivity index (χ3v) is 5.96. The summed E-state index contributed by atoms with van der Waals surface area (Å²) in [4.78, 5) is 30.0. The number of nitrogens with one attached hydrogen (secondary N) is 1. The second-order valence-electron chi connectivity index (χ2n) is 6.73. The van der Waals surface area contributed by atoms with Crippen LogP contribution < -0.4 is 5.32 Å². The van der Waals surface area contributed by atoms with E-state index in [1.54, 1.807) is 30.3 Å². The second-order valence-corrected chi connectivity index (χ2v) is 8.63. The van der Waals surface area contributed by atoms with Crippen LogP contribution in [0.5, 0.6) is 0 Å². The fraction of sp³-hybridized carbons (Fsp3) is 0.0870. The van der Waals surface area contributed by atoms with Crippen LogP contribution in [-0.2, 0) is 9.53 Å². The number of benzene rings is 3. The van der Waals surface area contributed by atoms with Gasteiger partial charge in [0.15, 0.2) is 6.10 Å². The van der Waals surface area contributed by atoms with Gasteiger partial charge in [-0.15, -0.1) is 11.3 Å². The highest BCUT2D eigenvalue weighted by atomic mass is 35.5. The molecule has 5 nitrogen and oxygen atoms in total. The van der Waals surface area contributed by atoms with Crippen LogP contribution in [0, 0.1) is 0 Å². The van der Waals surface area contributed by atoms with Crippen LogP contribution in [0.1, 0.15) is 17.3 Å². The second kappa shape index (κ2) is 9.06. The van der Waals surface area contributed by atoms with E-state index in [1.165, 1.54) is 18.3 Å². The summed E-state index contributed by atoms with van der Waals surface area (Å²) in [6, 6.07) is 19.5. The number of thiazole rings is 1. The Morgan fingerprint density at radius 1 is 1.00 bits per heavy atom. The highest BCUT2D eigenvalue weighted by Crippen LogP contribution is 2.32. The van der Waals surface area contributed by atoms with E-state index < -0.39 is 18.0 Å². The molecule has 0 saturated heterocycles. The average molecular weight is 471 g/mol. The predicted octanol–water partition coefficient (Wildman–Crippen LogP) is 6.45. The highest BCUT2D eigenvalue weighted by Gasteiger charge is 2.22. The zero-order chi connectivity index (χ0) is 22.0. The van der Waals surface area contributed by atoms with Crippen LogP contribution >= 0.6 is 34.5 Å². The van der Waals surface area contributed by atoms with Crippen molar-refractivity contribution in [3.63, 3.8) is 0 Å². The Morgan fingerprint density at radius 2 is 1.68 bits per heavy atom. The van der Waals surface area contributed by atoms with Crippen LogP contribution in [0.2, 0.25) is 10.0 Å². The van der Waals surface area contributed by atoms with Gasteiger partial charge in [-0.2, -0.15) is 0 Å². The Labute approximate surface area is 192 Å². The van der Waals surface area contributed by atoms with Gasteiger partial charge in [0.2, 0.25) is 0 Å². The smallest absolute Gasteiger partial charge is 0.339 e. The zero-order valence-corrected chi connectivity index (χ0v) is 18.6. The standard InChI is InChI=1S/C23H16Cl2N2O3S/c1-13(21(28)26-16-11-14(24)10-15(25)12-16)30-23(29)18-7-3-2-6-17(18)22-27-19-8-4-5-9-20(19)31-22/h2-13H,1H3,(H,26,28)/t13-/m1/s1. The van der Waals surface area contributed by atoms with Crippen molar-refractivity contribution in [1.29, 1.82) is 0 Å². The number of amides is 1. The largest absolute Gasteiger partial charge is 0.449 e. The number of anilines is 1. The van der Waals surface area contributed by atoms with Gasteiger partial charge in [0.1, 0.15) is 5.01 Å². The maximum atomic E-state index is 12.9. The fourth-order valence-electron chi connectivity index (χ4n) is 2.98. The molecule has 0 aliphatic carbocycles. The van der Waals surface area contributed by atoms with Crippen molar-refractivity contribution in [3.8, 4) is 10.6 Å². The zero-order valence-electron chi connectivity index (χ0n) is 16.3. The molecule has 1 aromatic heterocycles. The first-order valence-electron chi connectivity index (χ1n) is 9.33. The van der Waals surface area contributed by atoms with E-state index in [9.17, 15) is 9.59 Å². The van der Waals surface area contributed by atoms with Gasteiger partial charge in [0.25, 0.3) is 5.91 Å². The summed E-state index contributed by atoms with van der Waals surface area (Å²) in [6.45, 7) is 1.50. The van der Waals surface area contributed by atoms with Gasteiger partial charge in [-0.25, -0.2) is 9.78 Å². The van der Waals surface area contributed by atoms with E-state index in [1.807, 2.05) is 36.4 Å². The van der Waals surface area contributed by atoms with Crippen molar-refractivity contribution in [3.05, 3.63) is 82.3 Å². The number of carbonyl (C=O) groups excluding carboxylic acids is 2. The van der Waals surface area contributed by atoms with Gasteiger partial charge >= 0.3 is 5.97 Å². The van der Waals surface area contributed by atoms with Crippen molar-refractivity contribution < 1.29 is 14.3 Å². The third kappa shape index (κ3) is 4.88. The lowest BCUT2D eigenvalue weighted by Gasteiger charge is -2.15. The van der Waals surface area contributed by atoms with E-state index in [0.717, 1.165) is 10.2 Å². The normalized spacial score (nSPS) is 11.8. The van der Waals surface area contributed by atoms with E-state index in [2.05, 4.69) is 10.3 Å². The lowest BCUT2D eigenvalue weighted by molar-refractivity contribution is -0.123. The monoisotopic (exact) mass is 470 g/mol. The Balaban J connectivity index is 1.52. The molecule has 8 heteroatoms. The number of carbonyl (C=O) groups is 2. The predicted molar refractivity (Wildman–Crippen MR) is 125 cm³/mol. The van der Waals surface area contributed by atoms with Crippen LogP contribution in [0.25, 0.3) is 20.8 Å². The van der Waals surface area contributed by atoms with Gasteiger partial charge in [0.05, 0.1) is 15.8 Å². The van der Waals surface area contributed by atoms with Crippen molar-refractivity contribution in [2.75, 3.05) is 5.32 Å². The molecule has 4 rings (SSSR count). The molecule has 0 unspecified atom stereocenters. The molecule has 0 fully saturated rings. The summed E-state index contributed by atoms with van der Waals surface area (Å²) in [7, 11) is 0. The Morgan fingerprint density at radius 3 is 2.42 bits per heavy atom. The summed E-state index contributed by atoms with van der Waals surface area (Å²) in [5, 5.41) is 4.13. The number of hydrogen-bond acceptors (Lipinski definition) is 5. The number of hydrogen-bond donors (Lipinski definition) is 1. The summed E-state index contributed by atoms with van der Waals surface area (Å²) in [5.74, 6) is -1.11. The first-order valence-corrected chi connectivity index (χ1v) is 10.9. The molecule has 0 bridgehead atoms. The van der Waals surface area contributed by atoms with E-state index in [-0.39, 0.29) is 0 Å². The molecule has 0 aliphatic rings. The lowest BCUT2D eigenvalue weighted by Crippen LogP contribution is -2.30. The van der Waals surface area contributed by atoms with Gasteiger partial charge in [-0.1, -0.05) is 53.5 Å². The molecule has 4 aromatic rings. The fourth-order valence-corrected chi connectivity index (χ4v) is 4.51. The molecule has 1 N–H and O–H groups in total. The average Bonchev–Trinajstić information content (AvgIpc) is 3.17. The molecule has 1 heterocycles. The maximum Gasteiger partial charge on any atom is 0.339 e. The topological polar surface area (TPSA) is 68.3 Å². The van der Waals surface area contributed by atoms with E-state index in [4.69, 9.17) is 27.9 Å². The number of halogens is 2. The molecule has 31 heavy (non-hydrogen) atoms. The van der Waals surface area contributed by atoms with Crippen LogP contribution in [0.4, 0.5) is 5.69 Å². The summed E-state index contributed by atoms with van der Waals surface area (Å²) in [5.41, 5.74) is 2.27. The number of rotatable bonds is 5. The number of para-hydroxylation sites is 1. The number of nitrogens with zero attached hydrogens (tertiary/aromatic N) is 1. The minimum atomic E-state index is -1.03. The van der Waals surface area contributed by atoms with Crippen molar-refractivity contribution in [2.24, 2.45) is 0 Å². The minimum absolute atomic E-state index is 0.340. The molecule has 0 spiro atoms. The third-order valence-electron chi connectivity index (χ3n) is 4.45. The number of ether oxygens (including phenoxy) is 1. The number of aromatic nitrogens is 1. The Bertz CT molecular complexity index is 1240. The first kappa shape index (κ1) is 21.3. The summed E-state index contributed by atoms with van der Waals surface area (Å²) >= 11 is 13.4. The van der Waals surface area contributed by atoms with Gasteiger partial charge in [0, 0.05) is 21.3 Å². The van der Waals surface area contributed by atoms with Crippen LogP contribution in [0.3, 0.4) is 0 Å². The van der Waals surface area contributed by atoms with Crippen LogP contribution in [-0.4, -0.2) is 23.0 Å². The maximum absolute atomic E-state index is 12.9. The SMILES string of the molecule is C[C@@H](OC(=O)c1ccccc1-c1nc2ccccc2s1)C(=O)Nc1cc(Cl)cc(Cl)c1. The molecule has 0 aliphatic heterocycles. The molecule has 1 amide bonds. The summed E-state index contributed by atoms with van der Waals surface area (Å²) in [6.07, 6.45) is -1.03. The molecule has 156 valence electrons. The molecule has 0 radical (unpaired) electrons. The Kier molecular flexibility index (Phi) is 6.23. The molecular formula is C23H16Cl2N2O3S. The lowest BCUT2D eigenvalue weighted by atomic mass is 10.1. The first-order chi connectivity index (χ1) is 14.9. The van der Waals surface area contributed by atoms with Gasteiger partial charge in [-0.3, -0.25) is 4.79 Å². The van der Waals surface area contributed by atoms with E-state index >= 15 is 0 Å². The van der Waals surface area contributed by atoms with Crippen molar-refractivity contribution >= 4 is 62.3 Å². The molecule has 1 atom stereocenters. The Hall–Kier alpha value is -2.93. The minimum Gasteiger partial charge on any atom is -0.449 e. The van der Waals surface area contributed by atoms with Crippen molar-refractivity contribution in [1.82, 2.24) is 4.98 Å². The number of fused-ring (bicyclic) bond motifs is 1. The molecule has 0 saturated carbocycles. The van der Waals surface area contributed by atoms with Gasteiger partial charge in [-0.05, 0) is 43.3 Å². The van der Waals surface area contributed by atoms with Crippen molar-refractivity contribution in [2.45, 2.75) is 13.0 Å². The highest BCUT2D eigenvalue weighted by molar-refractivity contribution is 7.21.